The normalized spacial score (nSPS) is 18.7. The first-order chi connectivity index (χ1) is 9.90. The number of aromatic nitrogens is 2. The second-order valence-corrected chi connectivity index (χ2v) is 7.00. The van der Waals surface area contributed by atoms with Gasteiger partial charge in [0.05, 0.1) is 22.8 Å². The molecule has 0 saturated carbocycles. The highest BCUT2D eigenvalue weighted by atomic mass is 32.1. The molecule has 2 N–H and O–H groups in total. The van der Waals surface area contributed by atoms with E-state index in [9.17, 15) is 0 Å². The van der Waals surface area contributed by atoms with Crippen molar-refractivity contribution in [2.24, 2.45) is 0 Å². The zero-order valence-corrected chi connectivity index (χ0v) is 12.6. The Labute approximate surface area is 125 Å². The van der Waals surface area contributed by atoms with Gasteiger partial charge in [-0.2, -0.15) is 0 Å². The van der Waals surface area contributed by atoms with E-state index in [1.807, 2.05) is 17.5 Å². The van der Waals surface area contributed by atoms with Crippen LogP contribution in [0.1, 0.15) is 24.7 Å². The van der Waals surface area contributed by atoms with Crippen LogP contribution in [-0.2, 0) is 0 Å². The number of aromatic amines is 1. The summed E-state index contributed by atoms with van der Waals surface area (Å²) in [6.07, 6.45) is 4.37. The second-order valence-electron chi connectivity index (χ2n) is 4.97. The third-order valence-corrected chi connectivity index (χ3v) is 5.81. The van der Waals surface area contributed by atoms with Gasteiger partial charge in [-0.3, -0.25) is 0 Å². The van der Waals surface area contributed by atoms with Crippen molar-refractivity contribution in [2.75, 3.05) is 6.54 Å². The van der Waals surface area contributed by atoms with E-state index < -0.39 is 0 Å². The largest absolute Gasteiger partial charge is 0.340 e. The molecule has 3 aromatic rings. The summed E-state index contributed by atoms with van der Waals surface area (Å²) in [4.78, 5) is 11.9. The first-order valence-corrected chi connectivity index (χ1v) is 8.52. The Bertz CT molecular complexity index is 690. The Morgan fingerprint density at radius 2 is 2.10 bits per heavy atom. The molecule has 0 aliphatic carbocycles. The number of nitrogens with zero attached hydrogens (tertiary/aromatic N) is 1. The van der Waals surface area contributed by atoms with Crippen LogP contribution in [-0.4, -0.2) is 16.5 Å². The summed E-state index contributed by atoms with van der Waals surface area (Å²) in [7, 11) is 0. The maximum absolute atomic E-state index is 4.54. The zero-order valence-electron chi connectivity index (χ0n) is 10.9. The van der Waals surface area contributed by atoms with Crippen LogP contribution in [0.15, 0.2) is 35.8 Å². The van der Waals surface area contributed by atoms with Crippen LogP contribution in [0.3, 0.4) is 0 Å². The van der Waals surface area contributed by atoms with E-state index in [2.05, 4.69) is 44.9 Å². The van der Waals surface area contributed by atoms with Gasteiger partial charge in [0, 0.05) is 9.75 Å². The monoisotopic (exact) mass is 301 g/mol. The van der Waals surface area contributed by atoms with Crippen molar-refractivity contribution in [1.82, 2.24) is 15.3 Å². The molecule has 1 aliphatic heterocycles. The van der Waals surface area contributed by atoms with E-state index in [4.69, 9.17) is 0 Å². The van der Waals surface area contributed by atoms with Gasteiger partial charge in [-0.25, -0.2) is 4.98 Å². The van der Waals surface area contributed by atoms with Crippen LogP contribution >= 0.6 is 22.7 Å². The van der Waals surface area contributed by atoms with Crippen molar-refractivity contribution >= 4 is 22.7 Å². The lowest BCUT2D eigenvalue weighted by atomic mass is 10.2. The fourth-order valence-corrected chi connectivity index (χ4v) is 4.40. The van der Waals surface area contributed by atoms with E-state index in [1.165, 1.54) is 27.5 Å². The molecule has 0 radical (unpaired) electrons. The Morgan fingerprint density at radius 3 is 2.90 bits per heavy atom. The number of H-pyrrole nitrogens is 1. The van der Waals surface area contributed by atoms with Gasteiger partial charge in [-0.05, 0) is 43.0 Å². The minimum atomic E-state index is 0.403. The second kappa shape index (κ2) is 5.16. The lowest BCUT2D eigenvalue weighted by molar-refractivity contribution is 0.613. The lowest BCUT2D eigenvalue weighted by Crippen LogP contribution is -2.14. The average Bonchev–Trinajstić information content (AvgIpc) is 3.22. The van der Waals surface area contributed by atoms with Crippen molar-refractivity contribution in [1.29, 1.82) is 0 Å². The standard InChI is InChI=1S/C15H15N3S2/c1-3-10(16-7-1)15-17-9-11(18-15)12-5-6-14(20-12)13-4-2-8-19-13/h2,4-6,8-10,16H,1,3,7H2,(H,17,18)/t10-/m0/s1. The zero-order chi connectivity index (χ0) is 13.4. The number of nitrogens with one attached hydrogen (secondary N) is 2. The Hall–Kier alpha value is -1.43. The molecule has 1 saturated heterocycles. The summed E-state index contributed by atoms with van der Waals surface area (Å²) in [5.41, 5.74) is 1.13. The summed E-state index contributed by atoms with van der Waals surface area (Å²) in [5.74, 6) is 1.07. The minimum absolute atomic E-state index is 0.403. The van der Waals surface area contributed by atoms with Crippen molar-refractivity contribution in [3.8, 4) is 20.3 Å². The van der Waals surface area contributed by atoms with Crippen molar-refractivity contribution in [2.45, 2.75) is 18.9 Å². The van der Waals surface area contributed by atoms with Crippen LogP contribution in [0.5, 0.6) is 0 Å². The first kappa shape index (κ1) is 12.3. The summed E-state index contributed by atoms with van der Waals surface area (Å²) in [5, 5.41) is 5.60. The van der Waals surface area contributed by atoms with E-state index in [0.717, 1.165) is 18.1 Å². The smallest absolute Gasteiger partial charge is 0.123 e. The van der Waals surface area contributed by atoms with Crippen LogP contribution in [0.4, 0.5) is 0 Å². The molecule has 102 valence electrons. The van der Waals surface area contributed by atoms with Crippen LogP contribution < -0.4 is 5.32 Å². The fraction of sp³-hybridized carbons (Fsp3) is 0.267. The summed E-state index contributed by atoms with van der Waals surface area (Å²) >= 11 is 3.60. The Morgan fingerprint density at radius 1 is 1.15 bits per heavy atom. The summed E-state index contributed by atoms with van der Waals surface area (Å²) in [6, 6.07) is 9.04. The maximum atomic E-state index is 4.54. The molecule has 0 unspecified atom stereocenters. The van der Waals surface area contributed by atoms with Gasteiger partial charge in [-0.15, -0.1) is 22.7 Å². The SMILES string of the molecule is c1csc(-c2ccc(-c3cnc([C@@H]4CCCN4)[nH]3)s2)c1. The van der Waals surface area contributed by atoms with Gasteiger partial charge >= 0.3 is 0 Å². The third kappa shape index (κ3) is 2.22. The number of rotatable bonds is 3. The van der Waals surface area contributed by atoms with Gasteiger partial charge in [0.2, 0.25) is 0 Å². The molecule has 1 fully saturated rings. The van der Waals surface area contributed by atoms with E-state index in [-0.39, 0.29) is 0 Å². The van der Waals surface area contributed by atoms with Crippen LogP contribution in [0.25, 0.3) is 20.3 Å². The van der Waals surface area contributed by atoms with Crippen molar-refractivity contribution in [3.63, 3.8) is 0 Å². The first-order valence-electron chi connectivity index (χ1n) is 6.82. The maximum Gasteiger partial charge on any atom is 0.123 e. The number of imidazole rings is 1. The molecular weight excluding hydrogens is 286 g/mol. The molecule has 4 rings (SSSR count). The molecular formula is C15H15N3S2. The number of hydrogen-bond acceptors (Lipinski definition) is 4. The van der Waals surface area contributed by atoms with E-state index in [1.54, 1.807) is 11.3 Å². The highest BCUT2D eigenvalue weighted by molar-refractivity contribution is 7.23. The lowest BCUT2D eigenvalue weighted by Gasteiger charge is -2.04. The van der Waals surface area contributed by atoms with Gasteiger partial charge in [-0.1, -0.05) is 6.07 Å². The average molecular weight is 301 g/mol. The quantitative estimate of drug-likeness (QED) is 0.757. The summed E-state index contributed by atoms with van der Waals surface area (Å²) < 4.78 is 0. The summed E-state index contributed by atoms with van der Waals surface area (Å²) in [6.45, 7) is 1.10. The molecule has 5 heteroatoms. The number of thiophene rings is 2. The minimum Gasteiger partial charge on any atom is -0.340 e. The Kier molecular flexibility index (Phi) is 3.18. The predicted molar refractivity (Wildman–Crippen MR) is 85.2 cm³/mol. The van der Waals surface area contributed by atoms with Crippen LogP contribution in [0.2, 0.25) is 0 Å². The Balaban J connectivity index is 1.61. The van der Waals surface area contributed by atoms with Gasteiger partial charge in [0.1, 0.15) is 5.82 Å². The molecule has 20 heavy (non-hydrogen) atoms. The van der Waals surface area contributed by atoms with Gasteiger partial charge in [0.15, 0.2) is 0 Å². The molecule has 1 atom stereocenters. The third-order valence-electron chi connectivity index (χ3n) is 3.62. The van der Waals surface area contributed by atoms with Crippen LogP contribution in [0, 0.1) is 0 Å². The van der Waals surface area contributed by atoms with Gasteiger partial charge < -0.3 is 10.3 Å². The molecule has 4 heterocycles. The molecule has 3 aromatic heterocycles. The molecule has 0 spiro atoms. The molecule has 0 amide bonds. The topological polar surface area (TPSA) is 40.7 Å². The molecule has 1 aliphatic rings. The fourth-order valence-electron chi connectivity index (χ4n) is 2.59. The molecule has 3 nitrogen and oxygen atoms in total. The van der Waals surface area contributed by atoms with Gasteiger partial charge in [0.25, 0.3) is 0 Å². The molecule has 0 bridgehead atoms. The van der Waals surface area contributed by atoms with E-state index in [0.29, 0.717) is 6.04 Å². The highest BCUT2D eigenvalue weighted by Crippen LogP contribution is 2.36. The van der Waals surface area contributed by atoms with Crippen molar-refractivity contribution < 1.29 is 0 Å². The highest BCUT2D eigenvalue weighted by Gasteiger charge is 2.19. The van der Waals surface area contributed by atoms with Crippen molar-refractivity contribution in [3.05, 3.63) is 41.7 Å². The van der Waals surface area contributed by atoms with E-state index >= 15 is 0 Å². The molecule has 0 aromatic carbocycles. The number of hydrogen-bond donors (Lipinski definition) is 2. The predicted octanol–water partition coefficient (Wildman–Crippen LogP) is 4.29.